The first kappa shape index (κ1) is 12.5. The fourth-order valence-corrected chi connectivity index (χ4v) is 1.67. The molecule has 0 saturated heterocycles. The molecule has 2 nitrogen and oxygen atoms in total. The highest BCUT2D eigenvalue weighted by molar-refractivity contribution is 6.42. The molecule has 5 heteroatoms. The average molecular weight is 289 g/mol. The van der Waals surface area contributed by atoms with E-state index in [0.29, 0.717) is 27.5 Å². The summed E-state index contributed by atoms with van der Waals surface area (Å²) in [6, 6.07) is 5.37. The second kappa shape index (κ2) is 5.58. The second-order valence-corrected chi connectivity index (χ2v) is 4.40. The lowest BCUT2D eigenvalue weighted by atomic mass is 10.2. The van der Waals surface area contributed by atoms with Crippen molar-refractivity contribution in [3.05, 3.63) is 51.7 Å². The van der Waals surface area contributed by atoms with Gasteiger partial charge in [0.05, 0.1) is 21.6 Å². The molecule has 0 aliphatic carbocycles. The normalized spacial score (nSPS) is 11.2. The van der Waals surface area contributed by atoms with Gasteiger partial charge in [0.2, 0.25) is 5.89 Å². The van der Waals surface area contributed by atoms with Crippen LogP contribution in [0.4, 0.5) is 0 Å². The summed E-state index contributed by atoms with van der Waals surface area (Å²) in [4.78, 5) is 4.14. The van der Waals surface area contributed by atoms with Crippen LogP contribution in [-0.4, -0.2) is 4.98 Å². The first-order valence-electron chi connectivity index (χ1n) is 4.82. The van der Waals surface area contributed by atoms with Crippen molar-refractivity contribution in [1.29, 1.82) is 0 Å². The Labute approximate surface area is 114 Å². The van der Waals surface area contributed by atoms with Gasteiger partial charge in [-0.3, -0.25) is 0 Å². The number of hydrogen-bond donors (Lipinski definition) is 0. The number of halogens is 3. The van der Waals surface area contributed by atoms with Crippen LogP contribution in [0, 0.1) is 0 Å². The van der Waals surface area contributed by atoms with Gasteiger partial charge in [0.15, 0.2) is 0 Å². The Morgan fingerprint density at radius 1 is 1.18 bits per heavy atom. The van der Waals surface area contributed by atoms with E-state index in [4.69, 9.17) is 39.2 Å². The van der Waals surface area contributed by atoms with Crippen LogP contribution < -0.4 is 0 Å². The van der Waals surface area contributed by atoms with Gasteiger partial charge in [0.25, 0.3) is 0 Å². The second-order valence-electron chi connectivity index (χ2n) is 3.32. The van der Waals surface area contributed by atoms with E-state index in [1.807, 2.05) is 12.1 Å². The predicted molar refractivity (Wildman–Crippen MR) is 71.5 cm³/mol. The molecule has 17 heavy (non-hydrogen) atoms. The van der Waals surface area contributed by atoms with Crippen molar-refractivity contribution >= 4 is 47.0 Å². The van der Waals surface area contributed by atoms with Crippen molar-refractivity contribution in [2.45, 2.75) is 5.88 Å². The first-order chi connectivity index (χ1) is 8.19. The van der Waals surface area contributed by atoms with E-state index in [-0.39, 0.29) is 0 Å². The Morgan fingerprint density at radius 2 is 2.00 bits per heavy atom. The van der Waals surface area contributed by atoms with Gasteiger partial charge >= 0.3 is 0 Å². The molecule has 88 valence electrons. The highest BCUT2D eigenvalue weighted by Crippen LogP contribution is 2.23. The zero-order chi connectivity index (χ0) is 12.3. The number of alkyl halides is 1. The monoisotopic (exact) mass is 287 g/mol. The van der Waals surface area contributed by atoms with Gasteiger partial charge in [-0.1, -0.05) is 29.3 Å². The minimum atomic E-state index is 0.337. The number of hydrogen-bond acceptors (Lipinski definition) is 2. The zero-order valence-electron chi connectivity index (χ0n) is 8.66. The van der Waals surface area contributed by atoms with E-state index < -0.39 is 0 Å². The molecule has 0 spiro atoms. The Balaban J connectivity index is 2.16. The molecule has 0 radical (unpaired) electrons. The van der Waals surface area contributed by atoms with Gasteiger partial charge in [0, 0.05) is 6.08 Å². The highest BCUT2D eigenvalue weighted by Gasteiger charge is 2.00. The highest BCUT2D eigenvalue weighted by atomic mass is 35.5. The zero-order valence-corrected chi connectivity index (χ0v) is 10.9. The molecule has 1 heterocycles. The first-order valence-corrected chi connectivity index (χ1v) is 6.11. The third-order valence-corrected chi connectivity index (χ3v) is 3.08. The number of benzene rings is 1. The Kier molecular flexibility index (Phi) is 4.11. The molecule has 1 aromatic heterocycles. The molecule has 1 aromatic carbocycles. The van der Waals surface area contributed by atoms with Crippen LogP contribution in [-0.2, 0) is 5.88 Å². The SMILES string of the molecule is ClCc1coc(/C=C/c2ccc(Cl)c(Cl)c2)n1. The number of nitrogens with zero attached hydrogens (tertiary/aromatic N) is 1. The number of oxazole rings is 1. The van der Waals surface area contributed by atoms with E-state index in [1.165, 1.54) is 6.26 Å². The summed E-state index contributed by atoms with van der Waals surface area (Å²) < 4.78 is 5.19. The maximum atomic E-state index is 5.90. The third-order valence-electron chi connectivity index (χ3n) is 2.07. The van der Waals surface area contributed by atoms with Crippen molar-refractivity contribution in [2.75, 3.05) is 0 Å². The molecule has 0 bridgehead atoms. The van der Waals surface area contributed by atoms with Gasteiger partial charge < -0.3 is 4.42 Å². The van der Waals surface area contributed by atoms with Crippen LogP contribution in [0.5, 0.6) is 0 Å². The summed E-state index contributed by atoms with van der Waals surface area (Å²) >= 11 is 17.3. The van der Waals surface area contributed by atoms with Crippen LogP contribution in [0.25, 0.3) is 12.2 Å². The van der Waals surface area contributed by atoms with Gasteiger partial charge in [-0.2, -0.15) is 0 Å². The van der Waals surface area contributed by atoms with Crippen molar-refractivity contribution in [1.82, 2.24) is 4.98 Å². The lowest BCUT2D eigenvalue weighted by Gasteiger charge is -1.96. The minimum absolute atomic E-state index is 0.337. The third kappa shape index (κ3) is 3.25. The summed E-state index contributed by atoms with van der Waals surface area (Å²) in [6.07, 6.45) is 5.11. The van der Waals surface area contributed by atoms with Crippen LogP contribution in [0.15, 0.2) is 28.9 Å². The van der Waals surface area contributed by atoms with Crippen LogP contribution in [0.1, 0.15) is 17.1 Å². The number of rotatable bonds is 3. The van der Waals surface area contributed by atoms with Crippen molar-refractivity contribution in [3.8, 4) is 0 Å². The van der Waals surface area contributed by atoms with Crippen molar-refractivity contribution < 1.29 is 4.42 Å². The molecule has 2 rings (SSSR count). The van der Waals surface area contributed by atoms with Crippen LogP contribution >= 0.6 is 34.8 Å². The Bertz CT molecular complexity index is 548. The van der Waals surface area contributed by atoms with Gasteiger partial charge in [-0.05, 0) is 23.8 Å². The largest absolute Gasteiger partial charge is 0.445 e. The maximum absolute atomic E-state index is 5.90. The Morgan fingerprint density at radius 3 is 2.65 bits per heavy atom. The molecular weight excluding hydrogens is 280 g/mol. The molecule has 0 atom stereocenters. The van der Waals surface area contributed by atoms with Crippen molar-refractivity contribution in [3.63, 3.8) is 0 Å². The standard InChI is InChI=1S/C12H8Cl3NO/c13-6-9-7-17-12(16-9)4-2-8-1-3-10(14)11(15)5-8/h1-5,7H,6H2/b4-2+. The van der Waals surface area contributed by atoms with E-state index >= 15 is 0 Å². The molecule has 0 unspecified atom stereocenters. The van der Waals surface area contributed by atoms with E-state index in [1.54, 1.807) is 18.2 Å². The van der Waals surface area contributed by atoms with Crippen molar-refractivity contribution in [2.24, 2.45) is 0 Å². The van der Waals surface area contributed by atoms with Gasteiger partial charge in [-0.15, -0.1) is 11.6 Å². The van der Waals surface area contributed by atoms with E-state index in [2.05, 4.69) is 4.98 Å². The molecule has 2 aromatic rings. The lowest BCUT2D eigenvalue weighted by Crippen LogP contribution is -1.77. The van der Waals surface area contributed by atoms with Crippen LogP contribution in [0.2, 0.25) is 10.0 Å². The molecule has 0 fully saturated rings. The fourth-order valence-electron chi connectivity index (χ4n) is 1.24. The summed E-state index contributed by atoms with van der Waals surface area (Å²) in [6.45, 7) is 0. The predicted octanol–water partition coefficient (Wildman–Crippen LogP) is 4.89. The van der Waals surface area contributed by atoms with Crippen LogP contribution in [0.3, 0.4) is 0 Å². The smallest absolute Gasteiger partial charge is 0.218 e. The molecular formula is C12H8Cl3NO. The lowest BCUT2D eigenvalue weighted by molar-refractivity contribution is 0.546. The molecule has 0 aliphatic heterocycles. The quantitative estimate of drug-likeness (QED) is 0.752. The average Bonchev–Trinajstić information content (AvgIpc) is 2.79. The number of aromatic nitrogens is 1. The summed E-state index contributed by atoms with van der Waals surface area (Å²) in [7, 11) is 0. The Hall–Kier alpha value is -0.960. The minimum Gasteiger partial charge on any atom is -0.445 e. The molecule has 0 saturated carbocycles. The van der Waals surface area contributed by atoms with Gasteiger partial charge in [-0.25, -0.2) is 4.98 Å². The summed E-state index contributed by atoms with van der Waals surface area (Å²) in [5, 5.41) is 1.05. The topological polar surface area (TPSA) is 26.0 Å². The molecule has 0 amide bonds. The van der Waals surface area contributed by atoms with E-state index in [9.17, 15) is 0 Å². The molecule has 0 aliphatic rings. The fraction of sp³-hybridized carbons (Fsp3) is 0.0833. The summed E-state index contributed by atoms with van der Waals surface area (Å²) in [5.41, 5.74) is 1.63. The maximum Gasteiger partial charge on any atom is 0.218 e. The summed E-state index contributed by atoms with van der Waals surface area (Å²) in [5.74, 6) is 0.844. The van der Waals surface area contributed by atoms with Gasteiger partial charge in [0.1, 0.15) is 6.26 Å². The molecule has 0 N–H and O–H groups in total. The van der Waals surface area contributed by atoms with E-state index in [0.717, 1.165) is 5.56 Å².